The fraction of sp³-hybridized carbons (Fsp3) is 0.667. The second-order valence-electron chi connectivity index (χ2n) is 5.90. The average molecular weight is 356 g/mol. The molecular formula is C18H28O7. The van der Waals surface area contributed by atoms with Crippen molar-refractivity contribution >= 4 is 12.1 Å². The molecule has 1 aliphatic heterocycles. The van der Waals surface area contributed by atoms with Crippen LogP contribution in [0.25, 0.3) is 0 Å². The number of unbranched alkanes of at least 4 members (excludes halogenated alkanes) is 1. The highest BCUT2D eigenvalue weighted by atomic mass is 16.8. The topological polar surface area (TPSA) is 80.3 Å². The third kappa shape index (κ3) is 6.17. The van der Waals surface area contributed by atoms with Gasteiger partial charge < -0.3 is 23.7 Å². The zero-order valence-electron chi connectivity index (χ0n) is 15.1. The molecule has 1 saturated heterocycles. The summed E-state index contributed by atoms with van der Waals surface area (Å²) in [5, 5.41) is 0. The first-order chi connectivity index (χ1) is 12.0. The van der Waals surface area contributed by atoms with Crippen LogP contribution in [0.3, 0.4) is 0 Å². The van der Waals surface area contributed by atoms with Crippen LogP contribution in [0.2, 0.25) is 0 Å². The maximum Gasteiger partial charge on any atom is 0.509 e. The molecule has 0 aromatic carbocycles. The SMILES string of the molecule is C=CCCCO[C@H]1OC(C(=O)OC)[C@@H](C)[C@H](C)C1OC(=O)OCC=C. The van der Waals surface area contributed by atoms with E-state index >= 15 is 0 Å². The molecule has 1 aliphatic rings. The van der Waals surface area contributed by atoms with Gasteiger partial charge in [-0.25, -0.2) is 9.59 Å². The third-order valence-electron chi connectivity index (χ3n) is 4.19. The maximum absolute atomic E-state index is 12.0. The van der Waals surface area contributed by atoms with Crippen LogP contribution in [-0.4, -0.2) is 50.9 Å². The largest absolute Gasteiger partial charge is 0.509 e. The molecule has 2 unspecified atom stereocenters. The van der Waals surface area contributed by atoms with Crippen molar-refractivity contribution in [2.45, 2.75) is 45.2 Å². The van der Waals surface area contributed by atoms with Crippen LogP contribution in [0.15, 0.2) is 25.3 Å². The smallest absolute Gasteiger partial charge is 0.467 e. The summed E-state index contributed by atoms with van der Waals surface area (Å²) in [6.07, 6.45) is 1.57. The van der Waals surface area contributed by atoms with Gasteiger partial charge in [-0.15, -0.1) is 6.58 Å². The predicted octanol–water partition coefficient (Wildman–Crippen LogP) is 2.85. The average Bonchev–Trinajstić information content (AvgIpc) is 2.61. The van der Waals surface area contributed by atoms with Crippen molar-refractivity contribution in [1.29, 1.82) is 0 Å². The summed E-state index contributed by atoms with van der Waals surface area (Å²) in [5.74, 6) is -0.900. The molecule has 0 radical (unpaired) electrons. The zero-order valence-corrected chi connectivity index (χ0v) is 15.1. The summed E-state index contributed by atoms with van der Waals surface area (Å²) in [5.41, 5.74) is 0. The van der Waals surface area contributed by atoms with Crippen LogP contribution < -0.4 is 0 Å². The van der Waals surface area contributed by atoms with Gasteiger partial charge in [0.05, 0.1) is 13.7 Å². The number of carbonyl (C=O) groups excluding carboxylic acids is 2. The van der Waals surface area contributed by atoms with E-state index in [9.17, 15) is 9.59 Å². The Labute approximate surface area is 148 Å². The van der Waals surface area contributed by atoms with Crippen molar-refractivity contribution in [2.24, 2.45) is 11.8 Å². The Hall–Kier alpha value is -1.86. The summed E-state index contributed by atoms with van der Waals surface area (Å²) in [6, 6.07) is 0. The molecule has 1 rings (SSSR count). The minimum Gasteiger partial charge on any atom is -0.467 e. The summed E-state index contributed by atoms with van der Waals surface area (Å²) < 4.78 is 26.5. The lowest BCUT2D eigenvalue weighted by Crippen LogP contribution is -2.54. The molecule has 1 fully saturated rings. The van der Waals surface area contributed by atoms with Crippen LogP contribution in [-0.2, 0) is 28.5 Å². The van der Waals surface area contributed by atoms with Crippen LogP contribution in [0.4, 0.5) is 4.79 Å². The molecule has 7 nitrogen and oxygen atoms in total. The number of methoxy groups -OCH3 is 1. The minimum absolute atomic E-state index is 0.0476. The quantitative estimate of drug-likeness (QED) is 0.357. The summed E-state index contributed by atoms with van der Waals surface area (Å²) >= 11 is 0. The zero-order chi connectivity index (χ0) is 18.8. The van der Waals surface area contributed by atoms with Crippen molar-refractivity contribution in [3.8, 4) is 0 Å². The number of allylic oxidation sites excluding steroid dienone is 1. The number of esters is 1. The highest BCUT2D eigenvalue weighted by Gasteiger charge is 2.47. The van der Waals surface area contributed by atoms with E-state index in [1.165, 1.54) is 13.2 Å². The van der Waals surface area contributed by atoms with Gasteiger partial charge in [-0.3, -0.25) is 0 Å². The molecule has 0 aromatic heterocycles. The van der Waals surface area contributed by atoms with E-state index in [2.05, 4.69) is 13.2 Å². The van der Waals surface area contributed by atoms with Gasteiger partial charge in [-0.1, -0.05) is 32.6 Å². The monoisotopic (exact) mass is 356 g/mol. The molecule has 0 saturated carbocycles. The van der Waals surface area contributed by atoms with Crippen molar-refractivity contribution in [1.82, 2.24) is 0 Å². The maximum atomic E-state index is 12.0. The van der Waals surface area contributed by atoms with E-state index < -0.39 is 30.6 Å². The van der Waals surface area contributed by atoms with E-state index in [1.54, 1.807) is 6.08 Å². The molecule has 0 N–H and O–H groups in total. The first-order valence-electron chi connectivity index (χ1n) is 8.36. The summed E-state index contributed by atoms with van der Waals surface area (Å²) in [6.45, 7) is 11.3. The number of rotatable bonds is 9. The highest BCUT2D eigenvalue weighted by Crippen LogP contribution is 2.34. The number of hydrogen-bond acceptors (Lipinski definition) is 7. The Kier molecular flexibility index (Phi) is 9.23. The molecular weight excluding hydrogens is 328 g/mol. The molecule has 5 atom stereocenters. The van der Waals surface area contributed by atoms with Crippen molar-refractivity contribution in [2.75, 3.05) is 20.3 Å². The Bertz CT molecular complexity index is 462. The van der Waals surface area contributed by atoms with Crippen molar-refractivity contribution in [3.05, 3.63) is 25.3 Å². The van der Waals surface area contributed by atoms with E-state index in [1.807, 2.05) is 13.8 Å². The third-order valence-corrected chi connectivity index (χ3v) is 4.19. The Morgan fingerprint density at radius 2 is 1.88 bits per heavy atom. The van der Waals surface area contributed by atoms with Crippen molar-refractivity contribution < 1.29 is 33.3 Å². The van der Waals surface area contributed by atoms with Gasteiger partial charge in [0.1, 0.15) is 6.61 Å². The Balaban J connectivity index is 2.83. The molecule has 0 amide bonds. The lowest BCUT2D eigenvalue weighted by Gasteiger charge is -2.42. The van der Waals surface area contributed by atoms with Crippen LogP contribution >= 0.6 is 0 Å². The van der Waals surface area contributed by atoms with Crippen LogP contribution in [0.1, 0.15) is 26.7 Å². The van der Waals surface area contributed by atoms with Gasteiger partial charge in [0.2, 0.25) is 0 Å². The van der Waals surface area contributed by atoms with Crippen molar-refractivity contribution in [3.63, 3.8) is 0 Å². The number of carbonyl (C=O) groups is 2. The molecule has 7 heteroatoms. The van der Waals surface area contributed by atoms with E-state index in [4.69, 9.17) is 23.7 Å². The Morgan fingerprint density at radius 1 is 1.16 bits per heavy atom. The van der Waals surface area contributed by atoms with Gasteiger partial charge in [0.15, 0.2) is 18.5 Å². The predicted molar refractivity (Wildman–Crippen MR) is 90.8 cm³/mol. The highest BCUT2D eigenvalue weighted by molar-refractivity contribution is 5.75. The van der Waals surface area contributed by atoms with E-state index in [0.717, 1.165) is 12.8 Å². The fourth-order valence-corrected chi connectivity index (χ4v) is 2.55. The molecule has 0 bridgehead atoms. The lowest BCUT2D eigenvalue weighted by molar-refractivity contribution is -0.271. The normalized spacial score (nSPS) is 28.7. The van der Waals surface area contributed by atoms with Gasteiger partial charge >= 0.3 is 12.1 Å². The molecule has 0 spiro atoms. The summed E-state index contributed by atoms with van der Waals surface area (Å²) in [4.78, 5) is 23.8. The molecule has 0 aromatic rings. The molecule has 142 valence electrons. The fourth-order valence-electron chi connectivity index (χ4n) is 2.55. The van der Waals surface area contributed by atoms with Gasteiger partial charge in [0, 0.05) is 5.92 Å². The van der Waals surface area contributed by atoms with Gasteiger partial charge in [-0.05, 0) is 18.8 Å². The Morgan fingerprint density at radius 3 is 2.48 bits per heavy atom. The van der Waals surface area contributed by atoms with Gasteiger partial charge in [0.25, 0.3) is 0 Å². The van der Waals surface area contributed by atoms with E-state index in [-0.39, 0.29) is 18.4 Å². The van der Waals surface area contributed by atoms with E-state index in [0.29, 0.717) is 6.61 Å². The standard InChI is InChI=1S/C18H28O7/c1-6-8-9-11-22-17-15(25-18(20)23-10-7-2)13(4)12(3)14(24-17)16(19)21-5/h6-7,12-15,17H,1-2,8-11H2,3-5H3/t12-,13-,14?,15?,17-/m0/s1. The van der Waals surface area contributed by atoms with Gasteiger partial charge in [-0.2, -0.15) is 0 Å². The summed E-state index contributed by atoms with van der Waals surface area (Å²) in [7, 11) is 1.30. The first kappa shape index (κ1) is 21.2. The molecule has 0 aliphatic carbocycles. The first-order valence-corrected chi connectivity index (χ1v) is 8.36. The molecule has 25 heavy (non-hydrogen) atoms. The number of ether oxygens (including phenoxy) is 5. The lowest BCUT2D eigenvalue weighted by atomic mass is 9.83. The second-order valence-corrected chi connectivity index (χ2v) is 5.90. The second kappa shape index (κ2) is 10.9. The minimum atomic E-state index is -0.878. The number of hydrogen-bond donors (Lipinski definition) is 0. The van der Waals surface area contributed by atoms with Crippen LogP contribution in [0.5, 0.6) is 0 Å². The molecule has 1 heterocycles. The van der Waals surface area contributed by atoms with Crippen LogP contribution in [0, 0.1) is 11.8 Å².